The van der Waals surface area contributed by atoms with Crippen molar-refractivity contribution in [3.05, 3.63) is 35.1 Å². The van der Waals surface area contributed by atoms with E-state index in [4.69, 9.17) is 32.8 Å². The minimum Gasteiger partial charge on any atom is -0.545 e. The summed E-state index contributed by atoms with van der Waals surface area (Å²) in [4.78, 5) is 24.5. The van der Waals surface area contributed by atoms with Crippen molar-refractivity contribution < 1.29 is 42.4 Å². The summed E-state index contributed by atoms with van der Waals surface area (Å²) in [6, 6.07) is 0. The van der Waals surface area contributed by atoms with Gasteiger partial charge < -0.3 is 32.8 Å². The number of hydrogen-bond donors (Lipinski definition) is 0. The third-order valence-corrected chi connectivity index (χ3v) is 13.0. The summed E-state index contributed by atoms with van der Waals surface area (Å²) >= 11 is 0. The lowest BCUT2D eigenvalue weighted by molar-refractivity contribution is -0.109. The molecule has 0 aromatic rings. The average molecular weight is 691 g/mol. The van der Waals surface area contributed by atoms with Crippen LogP contribution in [-0.4, -0.2) is 66.6 Å². The van der Waals surface area contributed by atoms with Crippen molar-refractivity contribution in [2.75, 3.05) is 28.1 Å². The van der Waals surface area contributed by atoms with Crippen molar-refractivity contribution in [2.24, 2.45) is 40.4 Å². The van der Waals surface area contributed by atoms with Crippen molar-refractivity contribution in [2.45, 2.75) is 124 Å². The van der Waals surface area contributed by atoms with E-state index in [0.717, 1.165) is 37.0 Å². The molecule has 9 atom stereocenters. The van der Waals surface area contributed by atoms with Crippen molar-refractivity contribution >= 4 is 20.6 Å². The normalized spacial score (nSPS) is 33.2. The van der Waals surface area contributed by atoms with E-state index in [9.17, 15) is 9.59 Å². The molecule has 0 aromatic carbocycles. The summed E-state index contributed by atoms with van der Waals surface area (Å²) in [5, 5.41) is 0. The summed E-state index contributed by atoms with van der Waals surface area (Å²) in [7, 11) is 2.38. The monoisotopic (exact) mass is 690 g/mol. The van der Waals surface area contributed by atoms with Gasteiger partial charge in [0.15, 0.2) is 0 Å². The third kappa shape index (κ3) is 7.70. The topological polar surface area (TPSA) is 98.8 Å². The van der Waals surface area contributed by atoms with E-state index in [0.29, 0.717) is 36.5 Å². The van der Waals surface area contributed by atoms with E-state index in [-0.39, 0.29) is 18.1 Å². The predicted octanol–water partition coefficient (Wildman–Crippen LogP) is 9.20. The molecule has 0 aliphatic heterocycles. The minimum atomic E-state index is -1.90. The van der Waals surface area contributed by atoms with Crippen molar-refractivity contribution in [1.29, 1.82) is 0 Å². The zero-order chi connectivity index (χ0) is 35.7. The number of allylic oxidation sites excluding steroid dienone is 4. The quantitative estimate of drug-likeness (QED) is 0.0859. The molecule has 0 heterocycles. The van der Waals surface area contributed by atoms with Gasteiger partial charge in [0.05, 0.1) is 14.2 Å². The first kappa shape index (κ1) is 38.5. The fraction of sp³-hybridized carbons (Fsp3) is 0.789. The molecule has 4 aliphatic carbocycles. The van der Waals surface area contributed by atoms with E-state index in [1.807, 2.05) is 0 Å². The lowest BCUT2D eigenvalue weighted by Gasteiger charge is -2.57. The van der Waals surface area contributed by atoms with Gasteiger partial charge in [0.1, 0.15) is 30.4 Å². The molecule has 0 spiro atoms. The van der Waals surface area contributed by atoms with Gasteiger partial charge >= 0.3 is 12.3 Å². The molecule has 0 amide bonds. The van der Waals surface area contributed by atoms with Gasteiger partial charge in [-0.25, -0.2) is 9.59 Å². The van der Waals surface area contributed by atoms with Crippen LogP contribution in [0.25, 0.3) is 0 Å². The molecule has 10 heteroatoms. The molecule has 1 unspecified atom stereocenters. The lowest BCUT2D eigenvalue weighted by Crippen LogP contribution is -2.54. The van der Waals surface area contributed by atoms with Crippen molar-refractivity contribution in [3.8, 4) is 0 Å². The Balaban J connectivity index is 1.64. The number of hydrogen-bond acceptors (Lipinski definition) is 9. The molecule has 4 rings (SSSR count). The molecule has 48 heavy (non-hydrogen) atoms. The van der Waals surface area contributed by atoms with Crippen LogP contribution in [0.5, 0.6) is 0 Å². The van der Waals surface area contributed by atoms with Crippen LogP contribution in [0, 0.1) is 40.4 Å². The smallest absolute Gasteiger partial charge is 0.508 e. The fourth-order valence-corrected chi connectivity index (χ4v) is 10.6. The largest absolute Gasteiger partial charge is 0.545 e. The van der Waals surface area contributed by atoms with Gasteiger partial charge in [-0.05, 0) is 107 Å². The maximum atomic E-state index is 12.5. The van der Waals surface area contributed by atoms with Crippen LogP contribution in [0.2, 0.25) is 19.6 Å². The first-order chi connectivity index (χ1) is 22.4. The second kappa shape index (κ2) is 14.9. The Kier molecular flexibility index (Phi) is 11.9. The highest BCUT2D eigenvalue weighted by molar-refractivity contribution is 6.70. The van der Waals surface area contributed by atoms with Crippen LogP contribution < -0.4 is 0 Å². The van der Waals surface area contributed by atoms with Crippen LogP contribution in [0.3, 0.4) is 0 Å². The Bertz CT molecular complexity index is 1260. The molecule has 0 N–H and O–H groups in total. The predicted molar refractivity (Wildman–Crippen MR) is 188 cm³/mol. The lowest BCUT2D eigenvalue weighted by atomic mass is 9.49. The van der Waals surface area contributed by atoms with Crippen LogP contribution >= 0.6 is 0 Å². The standard InChI is InChI=1S/C38H62O9Si/c1-13-25(20-32(47-48(10,11)12)36(3,4)44-23-41-7)24(2)29-16-17-30-28-15-14-26-21-27(45-34(39)42-8)22-33(46-35(40)43-9)38(26,6)31(28)18-19-37(29,30)5/h14-15,20,24-25,27,29-31,33H,13,16-19,21-23H2,1-12H3/b32-20-/t24-,25+,27+,29+,30-,31?,33-,37+,38-/m0/s1. The highest BCUT2D eigenvalue weighted by Crippen LogP contribution is 2.67. The molecular formula is C38H62O9Si. The highest BCUT2D eigenvalue weighted by Gasteiger charge is 2.60. The SMILES string of the molecule is CC[C@H](/C=C(\O[Si](C)(C)C)C(C)(C)OCOC)[C@H](C)[C@H]1CC[C@H]2C3=CC=C4C[C@@H](OC(=O)OC)C[C@H](OC(=O)OC)[C@]4(C)C3CC[C@]12C. The molecule has 0 radical (unpaired) electrons. The Morgan fingerprint density at radius 3 is 2.27 bits per heavy atom. The Labute approximate surface area is 290 Å². The van der Waals surface area contributed by atoms with Crippen LogP contribution in [0.4, 0.5) is 9.59 Å². The maximum Gasteiger partial charge on any atom is 0.508 e. The van der Waals surface area contributed by atoms with Gasteiger partial charge in [-0.3, -0.25) is 0 Å². The Hall–Kier alpha value is -2.30. The van der Waals surface area contributed by atoms with Gasteiger partial charge in [-0.2, -0.15) is 0 Å². The Morgan fingerprint density at radius 1 is 1.00 bits per heavy atom. The fourth-order valence-electron chi connectivity index (χ4n) is 9.62. The number of rotatable bonds is 12. The summed E-state index contributed by atoms with van der Waals surface area (Å²) < 4.78 is 39.4. The molecular weight excluding hydrogens is 628 g/mol. The summed E-state index contributed by atoms with van der Waals surface area (Å²) in [5.74, 6) is 2.94. The van der Waals surface area contributed by atoms with Gasteiger partial charge in [-0.1, -0.05) is 51.0 Å². The molecule has 3 fully saturated rings. The zero-order valence-corrected chi connectivity index (χ0v) is 32.6. The number of ether oxygens (including phenoxy) is 6. The summed E-state index contributed by atoms with van der Waals surface area (Å²) in [5.41, 5.74) is 1.78. The van der Waals surface area contributed by atoms with Gasteiger partial charge in [0.25, 0.3) is 0 Å². The molecule has 3 saturated carbocycles. The van der Waals surface area contributed by atoms with Crippen LogP contribution in [0.1, 0.15) is 86.5 Å². The maximum absolute atomic E-state index is 12.5. The van der Waals surface area contributed by atoms with Gasteiger partial charge in [-0.15, -0.1) is 0 Å². The molecule has 4 aliphatic rings. The first-order valence-electron chi connectivity index (χ1n) is 17.9. The average Bonchev–Trinajstić information content (AvgIpc) is 3.38. The van der Waals surface area contributed by atoms with Crippen LogP contribution in [0.15, 0.2) is 35.1 Å². The molecule has 272 valence electrons. The van der Waals surface area contributed by atoms with E-state index < -0.39 is 43.9 Å². The number of carbonyl (C=O) groups is 2. The summed E-state index contributed by atoms with van der Waals surface area (Å²) in [6.45, 7) is 20.5. The van der Waals surface area contributed by atoms with Crippen molar-refractivity contribution in [3.63, 3.8) is 0 Å². The van der Waals surface area contributed by atoms with E-state index >= 15 is 0 Å². The van der Waals surface area contributed by atoms with E-state index in [1.54, 1.807) is 7.11 Å². The molecule has 0 aromatic heterocycles. The molecule has 9 nitrogen and oxygen atoms in total. The number of carbonyl (C=O) groups excluding carboxylic acids is 2. The van der Waals surface area contributed by atoms with Crippen LogP contribution in [-0.2, 0) is 32.8 Å². The first-order valence-corrected chi connectivity index (χ1v) is 21.3. The highest BCUT2D eigenvalue weighted by atomic mass is 28.4. The van der Waals surface area contributed by atoms with Gasteiger partial charge in [0, 0.05) is 25.4 Å². The van der Waals surface area contributed by atoms with E-state index in [1.165, 1.54) is 26.2 Å². The summed E-state index contributed by atoms with van der Waals surface area (Å²) in [6.07, 6.45) is 11.0. The molecule has 0 bridgehead atoms. The number of fused-ring (bicyclic) bond motifs is 5. The second-order valence-electron chi connectivity index (χ2n) is 16.4. The molecule has 0 saturated heterocycles. The van der Waals surface area contributed by atoms with Gasteiger partial charge in [0.2, 0.25) is 8.32 Å². The third-order valence-electron chi connectivity index (χ3n) is 12.2. The Morgan fingerprint density at radius 2 is 1.67 bits per heavy atom. The zero-order valence-electron chi connectivity index (χ0n) is 31.6. The minimum absolute atomic E-state index is 0.149. The number of methoxy groups -OCH3 is 3. The van der Waals surface area contributed by atoms with E-state index in [2.05, 4.69) is 79.4 Å². The van der Waals surface area contributed by atoms with Crippen molar-refractivity contribution in [1.82, 2.24) is 0 Å². The second-order valence-corrected chi connectivity index (χ2v) is 20.8.